The number of hydrogen-bond donors (Lipinski definition) is 3. The second kappa shape index (κ2) is 9.98. The lowest BCUT2D eigenvalue weighted by molar-refractivity contribution is 0.487. The summed E-state index contributed by atoms with van der Waals surface area (Å²) < 4.78 is 0. The summed E-state index contributed by atoms with van der Waals surface area (Å²) in [5.41, 5.74) is 4.99. The fraction of sp³-hybridized carbons (Fsp3) is 0.391. The molecular weight excluding hydrogens is 406 g/mol. The van der Waals surface area contributed by atoms with Gasteiger partial charge in [0, 0.05) is 30.0 Å². The van der Waals surface area contributed by atoms with Gasteiger partial charge in [-0.25, -0.2) is 15.0 Å². The number of pyridine rings is 2. The van der Waals surface area contributed by atoms with Crippen LogP contribution in [0.15, 0.2) is 36.7 Å². The molecule has 0 saturated carbocycles. The lowest BCUT2D eigenvalue weighted by Gasteiger charge is -2.14. The molecule has 0 saturated heterocycles. The second-order valence-corrected chi connectivity index (χ2v) is 8.88. The minimum Gasteiger partial charge on any atom is -0.316 e. The molecule has 8 heteroatoms. The number of aromatic amines is 1. The van der Waals surface area contributed by atoms with Crippen LogP contribution in [-0.2, 0) is 6.54 Å². The van der Waals surface area contributed by atoms with Gasteiger partial charge < -0.3 is 10.6 Å². The summed E-state index contributed by atoms with van der Waals surface area (Å²) in [7, 11) is 0. The van der Waals surface area contributed by atoms with Crippen LogP contribution in [0.25, 0.3) is 21.6 Å². The Morgan fingerprint density at radius 1 is 1.16 bits per heavy atom. The summed E-state index contributed by atoms with van der Waals surface area (Å²) in [5.74, 6) is 0.794. The van der Waals surface area contributed by atoms with Crippen LogP contribution in [0.2, 0.25) is 0 Å². The molecule has 0 radical (unpaired) electrons. The van der Waals surface area contributed by atoms with Gasteiger partial charge in [0.15, 0.2) is 5.13 Å². The summed E-state index contributed by atoms with van der Waals surface area (Å²) >= 11 is 1.53. The Kier molecular flexibility index (Phi) is 6.89. The highest BCUT2D eigenvalue weighted by molar-refractivity contribution is 7.21. The van der Waals surface area contributed by atoms with E-state index < -0.39 is 0 Å². The topological polar surface area (TPSA) is 91.4 Å². The van der Waals surface area contributed by atoms with Crippen LogP contribution < -0.4 is 10.6 Å². The van der Waals surface area contributed by atoms with Crippen molar-refractivity contribution in [3.8, 4) is 11.3 Å². The number of aryl methyl sites for hydroxylation is 1. The molecule has 0 aliphatic heterocycles. The Morgan fingerprint density at radius 3 is 2.87 bits per heavy atom. The van der Waals surface area contributed by atoms with Gasteiger partial charge in [-0.05, 0) is 50.1 Å². The van der Waals surface area contributed by atoms with E-state index in [1.54, 1.807) is 6.20 Å². The number of anilines is 2. The van der Waals surface area contributed by atoms with Crippen molar-refractivity contribution >= 4 is 32.6 Å². The van der Waals surface area contributed by atoms with Crippen LogP contribution in [0, 0.1) is 6.92 Å². The number of unbranched alkanes of at least 4 members (excludes halogenated alkanes) is 2. The fourth-order valence-electron chi connectivity index (χ4n) is 3.49. The van der Waals surface area contributed by atoms with Gasteiger partial charge in [0.05, 0.1) is 11.9 Å². The number of aromatic nitrogens is 5. The highest BCUT2D eigenvalue weighted by Crippen LogP contribution is 2.29. The smallest absolute Gasteiger partial charge is 0.190 e. The minimum absolute atomic E-state index is 0.513. The van der Waals surface area contributed by atoms with Gasteiger partial charge in [0.2, 0.25) is 0 Å². The predicted octanol–water partition coefficient (Wildman–Crippen LogP) is 5.59. The third-order valence-electron chi connectivity index (χ3n) is 5.32. The molecule has 0 aliphatic carbocycles. The first-order valence-corrected chi connectivity index (χ1v) is 11.7. The Hall–Kier alpha value is -2.84. The lowest BCUT2D eigenvalue weighted by Crippen LogP contribution is -2.25. The molecule has 4 heterocycles. The minimum atomic E-state index is 0.513. The normalized spacial score (nSPS) is 12.4. The van der Waals surface area contributed by atoms with E-state index in [9.17, 15) is 0 Å². The van der Waals surface area contributed by atoms with E-state index in [2.05, 4.69) is 56.8 Å². The van der Waals surface area contributed by atoms with Gasteiger partial charge >= 0.3 is 0 Å². The van der Waals surface area contributed by atoms with Gasteiger partial charge in [0.1, 0.15) is 16.2 Å². The van der Waals surface area contributed by atoms with Crippen molar-refractivity contribution < 1.29 is 0 Å². The van der Waals surface area contributed by atoms with E-state index in [1.807, 2.05) is 25.3 Å². The summed E-state index contributed by atoms with van der Waals surface area (Å²) in [6.45, 7) is 7.32. The Labute approximate surface area is 186 Å². The van der Waals surface area contributed by atoms with Crippen molar-refractivity contribution in [1.29, 1.82) is 0 Å². The zero-order chi connectivity index (χ0) is 21.6. The molecule has 4 aromatic heterocycles. The fourth-order valence-corrected chi connectivity index (χ4v) is 4.33. The standard InChI is InChI=1S/C23H29N7S/c1-4-5-6-7-15(2)25-13-17-10-11-24-21(12-17)29-23-28-20-9-8-19(27-22(20)31-23)18-14-26-30-16(18)3/h8-12,14-15,25H,4-7,13H2,1-3H3,(H,26,30)(H,24,28,29). The van der Waals surface area contributed by atoms with Crippen LogP contribution in [0.3, 0.4) is 0 Å². The van der Waals surface area contributed by atoms with Crippen LogP contribution in [-0.4, -0.2) is 31.2 Å². The highest BCUT2D eigenvalue weighted by Gasteiger charge is 2.11. The van der Waals surface area contributed by atoms with Crippen molar-refractivity contribution in [1.82, 2.24) is 30.5 Å². The van der Waals surface area contributed by atoms with Crippen LogP contribution >= 0.6 is 11.3 Å². The zero-order valence-electron chi connectivity index (χ0n) is 18.3. The summed E-state index contributed by atoms with van der Waals surface area (Å²) in [6.07, 6.45) is 8.70. The van der Waals surface area contributed by atoms with E-state index in [4.69, 9.17) is 4.98 Å². The Morgan fingerprint density at radius 2 is 2.06 bits per heavy atom. The number of rotatable bonds is 10. The molecule has 1 atom stereocenters. The molecule has 0 aromatic carbocycles. The number of H-pyrrole nitrogens is 1. The molecule has 4 aromatic rings. The molecule has 4 rings (SSSR count). The van der Waals surface area contributed by atoms with Crippen molar-refractivity contribution in [2.24, 2.45) is 0 Å². The Bertz CT molecular complexity index is 1130. The molecule has 3 N–H and O–H groups in total. The number of fused-ring (bicyclic) bond motifs is 1. The first-order chi connectivity index (χ1) is 15.1. The Balaban J connectivity index is 1.42. The zero-order valence-corrected chi connectivity index (χ0v) is 19.1. The van der Waals surface area contributed by atoms with Gasteiger partial charge in [-0.3, -0.25) is 5.10 Å². The molecular formula is C23H29N7S. The summed E-state index contributed by atoms with van der Waals surface area (Å²) in [5, 5.41) is 14.8. The summed E-state index contributed by atoms with van der Waals surface area (Å²) in [6, 6.07) is 8.62. The van der Waals surface area contributed by atoms with Crippen LogP contribution in [0.5, 0.6) is 0 Å². The average molecular weight is 436 g/mol. The molecule has 162 valence electrons. The number of thiazole rings is 1. The molecule has 0 amide bonds. The van der Waals surface area contributed by atoms with Crippen molar-refractivity contribution in [3.05, 3.63) is 47.9 Å². The van der Waals surface area contributed by atoms with Gasteiger partial charge in [0.25, 0.3) is 0 Å². The van der Waals surface area contributed by atoms with Crippen molar-refractivity contribution in [3.63, 3.8) is 0 Å². The molecule has 0 spiro atoms. The third kappa shape index (κ3) is 5.45. The third-order valence-corrected chi connectivity index (χ3v) is 6.20. The SMILES string of the molecule is CCCCCC(C)NCc1ccnc(Nc2nc3ccc(-c4cn[nH]c4C)nc3s2)c1. The summed E-state index contributed by atoms with van der Waals surface area (Å²) in [4.78, 5) is 14.8. The molecule has 0 bridgehead atoms. The molecule has 0 aliphatic rings. The van der Waals surface area contributed by atoms with Gasteiger partial charge in [-0.1, -0.05) is 37.5 Å². The van der Waals surface area contributed by atoms with E-state index in [0.717, 1.165) is 44.8 Å². The van der Waals surface area contributed by atoms with Crippen LogP contribution in [0.1, 0.15) is 50.8 Å². The molecule has 31 heavy (non-hydrogen) atoms. The van der Waals surface area contributed by atoms with Crippen molar-refractivity contribution in [2.45, 2.75) is 59.0 Å². The maximum Gasteiger partial charge on any atom is 0.190 e. The van der Waals surface area contributed by atoms with E-state index in [-0.39, 0.29) is 0 Å². The van der Waals surface area contributed by atoms with Gasteiger partial charge in [-0.15, -0.1) is 0 Å². The second-order valence-electron chi connectivity index (χ2n) is 7.90. The maximum atomic E-state index is 4.76. The monoisotopic (exact) mass is 435 g/mol. The maximum absolute atomic E-state index is 4.76. The highest BCUT2D eigenvalue weighted by atomic mass is 32.1. The molecule has 1 unspecified atom stereocenters. The molecule has 7 nitrogen and oxygen atoms in total. The molecule has 0 fully saturated rings. The van der Waals surface area contributed by atoms with Crippen LogP contribution in [0.4, 0.5) is 10.9 Å². The predicted molar refractivity (Wildman–Crippen MR) is 128 cm³/mol. The van der Waals surface area contributed by atoms with E-state index in [1.165, 1.54) is 42.6 Å². The number of nitrogens with one attached hydrogen (secondary N) is 3. The first kappa shape index (κ1) is 21.4. The van der Waals surface area contributed by atoms with Gasteiger partial charge in [-0.2, -0.15) is 5.10 Å². The first-order valence-electron chi connectivity index (χ1n) is 10.9. The van der Waals surface area contributed by atoms with E-state index >= 15 is 0 Å². The van der Waals surface area contributed by atoms with E-state index in [0.29, 0.717) is 6.04 Å². The lowest BCUT2D eigenvalue weighted by atomic mass is 10.1. The average Bonchev–Trinajstić information content (AvgIpc) is 3.37. The number of nitrogens with zero attached hydrogens (tertiary/aromatic N) is 4. The quantitative estimate of drug-likeness (QED) is 0.281. The largest absolute Gasteiger partial charge is 0.316 e. The van der Waals surface area contributed by atoms with Crippen molar-refractivity contribution in [2.75, 3.05) is 5.32 Å². The number of hydrogen-bond acceptors (Lipinski definition) is 7.